The fourth-order valence-corrected chi connectivity index (χ4v) is 1.24. The van der Waals surface area contributed by atoms with Crippen LogP contribution in [0.2, 0.25) is 5.02 Å². The number of benzene rings is 1. The zero-order chi connectivity index (χ0) is 9.26. The van der Waals surface area contributed by atoms with Gasteiger partial charge in [0, 0.05) is 29.9 Å². The van der Waals surface area contributed by atoms with Crippen LogP contribution in [0, 0.1) is 6.07 Å². The molecule has 0 bridgehead atoms. The van der Waals surface area contributed by atoms with Crippen LogP contribution in [0.15, 0.2) is 30.5 Å². The number of aromatic nitrogens is 2. The Balaban J connectivity index is 2.41. The second kappa shape index (κ2) is 3.23. The molecule has 65 valence electrons. The number of nitrogens with zero attached hydrogens (tertiary/aromatic N) is 2. The van der Waals surface area contributed by atoms with Crippen molar-refractivity contribution < 1.29 is 0 Å². The summed E-state index contributed by atoms with van der Waals surface area (Å²) in [6, 6.07) is 10.6. The highest BCUT2D eigenvalue weighted by molar-refractivity contribution is 6.30. The van der Waals surface area contributed by atoms with Crippen LogP contribution in [0.25, 0.3) is 11.3 Å². The third kappa shape index (κ3) is 1.73. The Morgan fingerprint density at radius 3 is 2.54 bits per heavy atom. The lowest BCUT2D eigenvalue weighted by molar-refractivity contribution is 0.771. The van der Waals surface area contributed by atoms with Gasteiger partial charge in [0.1, 0.15) is 5.69 Å². The molecule has 0 aliphatic heterocycles. The summed E-state index contributed by atoms with van der Waals surface area (Å²) in [5.41, 5.74) is 1.88. The summed E-state index contributed by atoms with van der Waals surface area (Å²) in [5, 5.41) is 4.96. The Morgan fingerprint density at radius 1 is 1.31 bits per heavy atom. The molecule has 2 nitrogen and oxygen atoms in total. The maximum Gasteiger partial charge on any atom is 0.100 e. The Hall–Kier alpha value is -1.28. The van der Waals surface area contributed by atoms with Gasteiger partial charge in [-0.1, -0.05) is 23.7 Å². The SMILES string of the molecule is Cn1c[c]c(-c2ccc(Cl)cc2)n1. The zero-order valence-electron chi connectivity index (χ0n) is 7.16. The molecule has 3 heteroatoms. The van der Waals surface area contributed by atoms with E-state index in [1.807, 2.05) is 31.3 Å². The smallest absolute Gasteiger partial charge is 0.100 e. The summed E-state index contributed by atoms with van der Waals surface area (Å²) in [6.45, 7) is 0. The maximum atomic E-state index is 5.77. The molecule has 2 aromatic rings. The van der Waals surface area contributed by atoms with Crippen LogP contribution >= 0.6 is 11.6 Å². The first-order valence-electron chi connectivity index (χ1n) is 3.93. The second-order valence-electron chi connectivity index (χ2n) is 2.80. The molecule has 0 aliphatic rings. The van der Waals surface area contributed by atoms with E-state index in [0.717, 1.165) is 16.3 Å². The highest BCUT2D eigenvalue weighted by atomic mass is 35.5. The predicted molar refractivity (Wildman–Crippen MR) is 52.5 cm³/mol. The van der Waals surface area contributed by atoms with Crippen LogP contribution in [0.3, 0.4) is 0 Å². The van der Waals surface area contributed by atoms with E-state index in [4.69, 9.17) is 11.6 Å². The average molecular weight is 192 g/mol. The molecule has 1 aromatic heterocycles. The predicted octanol–water partition coefficient (Wildman–Crippen LogP) is 2.54. The first-order valence-corrected chi connectivity index (χ1v) is 4.31. The lowest BCUT2D eigenvalue weighted by Crippen LogP contribution is -1.87. The van der Waals surface area contributed by atoms with Gasteiger partial charge in [-0.25, -0.2) is 0 Å². The molecular formula is C10H8ClN2. The maximum absolute atomic E-state index is 5.77. The van der Waals surface area contributed by atoms with Crippen molar-refractivity contribution in [3.63, 3.8) is 0 Å². The highest BCUT2D eigenvalue weighted by Crippen LogP contribution is 2.18. The van der Waals surface area contributed by atoms with Crippen molar-refractivity contribution in [2.45, 2.75) is 0 Å². The van der Waals surface area contributed by atoms with Gasteiger partial charge in [-0.05, 0) is 12.1 Å². The fraction of sp³-hybridized carbons (Fsp3) is 0.100. The monoisotopic (exact) mass is 191 g/mol. The average Bonchev–Trinajstić information content (AvgIpc) is 2.53. The van der Waals surface area contributed by atoms with Gasteiger partial charge in [0.2, 0.25) is 0 Å². The van der Waals surface area contributed by atoms with E-state index in [1.165, 1.54) is 0 Å². The molecule has 0 aliphatic carbocycles. The molecule has 0 unspecified atom stereocenters. The lowest BCUT2D eigenvalue weighted by Gasteiger charge is -1.95. The molecule has 2 rings (SSSR count). The third-order valence-electron chi connectivity index (χ3n) is 1.76. The van der Waals surface area contributed by atoms with E-state index in [-0.39, 0.29) is 0 Å². The topological polar surface area (TPSA) is 17.8 Å². The largest absolute Gasteiger partial charge is 0.275 e. The minimum Gasteiger partial charge on any atom is -0.275 e. The number of rotatable bonds is 1. The first kappa shape index (κ1) is 8.32. The molecule has 1 aromatic carbocycles. The van der Waals surface area contributed by atoms with Crippen molar-refractivity contribution in [1.82, 2.24) is 9.78 Å². The lowest BCUT2D eigenvalue weighted by atomic mass is 10.2. The Labute approximate surface area is 81.8 Å². The summed E-state index contributed by atoms with van der Waals surface area (Å²) >= 11 is 5.77. The van der Waals surface area contributed by atoms with Gasteiger partial charge in [0.05, 0.1) is 0 Å². The van der Waals surface area contributed by atoms with Crippen LogP contribution < -0.4 is 0 Å². The number of hydrogen-bond acceptors (Lipinski definition) is 1. The van der Waals surface area contributed by atoms with Gasteiger partial charge in [-0.2, -0.15) is 5.10 Å². The minimum absolute atomic E-state index is 0.736. The zero-order valence-corrected chi connectivity index (χ0v) is 7.92. The third-order valence-corrected chi connectivity index (χ3v) is 2.02. The molecule has 13 heavy (non-hydrogen) atoms. The first-order chi connectivity index (χ1) is 6.25. The van der Waals surface area contributed by atoms with Gasteiger partial charge in [-0.3, -0.25) is 4.68 Å². The summed E-state index contributed by atoms with van der Waals surface area (Å²) in [5.74, 6) is 0. The van der Waals surface area contributed by atoms with E-state index < -0.39 is 0 Å². The van der Waals surface area contributed by atoms with Gasteiger partial charge < -0.3 is 0 Å². The van der Waals surface area contributed by atoms with Crippen molar-refractivity contribution in [1.29, 1.82) is 0 Å². The molecule has 0 N–H and O–H groups in total. The molecule has 0 amide bonds. The van der Waals surface area contributed by atoms with Crippen LogP contribution in [0.1, 0.15) is 0 Å². The molecule has 0 atom stereocenters. The molecule has 1 heterocycles. The van der Waals surface area contributed by atoms with Crippen LogP contribution in [-0.4, -0.2) is 9.78 Å². The van der Waals surface area contributed by atoms with E-state index in [0.29, 0.717) is 0 Å². The highest BCUT2D eigenvalue weighted by Gasteiger charge is 2.00. The van der Waals surface area contributed by atoms with Crippen molar-refractivity contribution in [3.05, 3.63) is 41.6 Å². The molecular weight excluding hydrogens is 184 g/mol. The molecule has 0 spiro atoms. The molecule has 1 radical (unpaired) electrons. The normalized spacial score (nSPS) is 10.3. The Bertz CT molecular complexity index is 403. The molecule has 0 saturated heterocycles. The van der Waals surface area contributed by atoms with E-state index in [9.17, 15) is 0 Å². The molecule has 0 fully saturated rings. The quantitative estimate of drug-likeness (QED) is 0.678. The van der Waals surface area contributed by atoms with Crippen molar-refractivity contribution in [2.75, 3.05) is 0 Å². The van der Waals surface area contributed by atoms with Crippen LogP contribution in [-0.2, 0) is 7.05 Å². The van der Waals surface area contributed by atoms with E-state index in [1.54, 1.807) is 10.9 Å². The van der Waals surface area contributed by atoms with Crippen molar-refractivity contribution >= 4 is 11.6 Å². The van der Waals surface area contributed by atoms with Gasteiger partial charge in [0.25, 0.3) is 0 Å². The number of aryl methyl sites for hydroxylation is 1. The fourth-order valence-electron chi connectivity index (χ4n) is 1.12. The Morgan fingerprint density at radius 2 is 2.00 bits per heavy atom. The summed E-state index contributed by atoms with van der Waals surface area (Å²) in [7, 11) is 1.87. The van der Waals surface area contributed by atoms with E-state index >= 15 is 0 Å². The summed E-state index contributed by atoms with van der Waals surface area (Å²) in [6.07, 6.45) is 1.80. The van der Waals surface area contributed by atoms with Crippen molar-refractivity contribution in [3.8, 4) is 11.3 Å². The van der Waals surface area contributed by atoms with Gasteiger partial charge in [0.15, 0.2) is 0 Å². The number of halogens is 1. The summed E-state index contributed by atoms with van der Waals surface area (Å²) < 4.78 is 1.73. The van der Waals surface area contributed by atoms with Gasteiger partial charge in [-0.15, -0.1) is 0 Å². The summed E-state index contributed by atoms with van der Waals surface area (Å²) in [4.78, 5) is 0. The van der Waals surface area contributed by atoms with E-state index in [2.05, 4.69) is 11.2 Å². The Kier molecular flexibility index (Phi) is 2.07. The van der Waals surface area contributed by atoms with Crippen molar-refractivity contribution in [2.24, 2.45) is 7.05 Å². The number of hydrogen-bond donors (Lipinski definition) is 0. The standard InChI is InChI=1S/C10H8ClN2/c1-13-7-6-10(12-13)8-2-4-9(11)5-3-8/h2-5,7H,1H3. The second-order valence-corrected chi connectivity index (χ2v) is 3.24. The van der Waals surface area contributed by atoms with Crippen LogP contribution in [0.5, 0.6) is 0 Å². The minimum atomic E-state index is 0.736. The van der Waals surface area contributed by atoms with Gasteiger partial charge >= 0.3 is 0 Å². The van der Waals surface area contributed by atoms with Crippen LogP contribution in [0.4, 0.5) is 0 Å². The molecule has 0 saturated carbocycles.